The van der Waals surface area contributed by atoms with Crippen LogP contribution in [0.4, 0.5) is 0 Å². The number of amides is 1. The van der Waals surface area contributed by atoms with Gasteiger partial charge in [0.1, 0.15) is 0 Å². The van der Waals surface area contributed by atoms with E-state index in [0.717, 1.165) is 33.3 Å². The first-order chi connectivity index (χ1) is 14.6. The second-order valence-corrected chi connectivity index (χ2v) is 8.79. The average Bonchev–Trinajstić information content (AvgIpc) is 3.39. The van der Waals surface area contributed by atoms with Crippen molar-refractivity contribution >= 4 is 29.0 Å². The first-order valence-electron chi connectivity index (χ1n) is 9.75. The average molecular weight is 434 g/mol. The van der Waals surface area contributed by atoms with Crippen LogP contribution in [0.25, 0.3) is 5.69 Å². The fraction of sp³-hybridized carbons (Fsp3) is 0.167. The highest BCUT2D eigenvalue weighted by molar-refractivity contribution is 7.98. The van der Waals surface area contributed by atoms with E-state index in [0.29, 0.717) is 12.1 Å². The number of nitrogens with one attached hydrogen (secondary N) is 1. The van der Waals surface area contributed by atoms with E-state index in [2.05, 4.69) is 27.2 Å². The van der Waals surface area contributed by atoms with Crippen LogP contribution in [0, 0.1) is 13.8 Å². The number of aryl methyl sites for hydroxylation is 1. The van der Waals surface area contributed by atoms with E-state index < -0.39 is 0 Å². The van der Waals surface area contributed by atoms with Crippen molar-refractivity contribution in [2.24, 2.45) is 0 Å². The number of hydrogen-bond donors (Lipinski definition) is 1. The molecule has 4 nitrogen and oxygen atoms in total. The van der Waals surface area contributed by atoms with E-state index in [9.17, 15) is 4.79 Å². The Morgan fingerprint density at radius 2 is 1.83 bits per heavy atom. The molecule has 1 N–H and O–H groups in total. The Kier molecular flexibility index (Phi) is 6.35. The van der Waals surface area contributed by atoms with Crippen LogP contribution in [0.3, 0.4) is 0 Å². The van der Waals surface area contributed by atoms with E-state index in [-0.39, 0.29) is 5.91 Å². The Hall–Kier alpha value is -2.83. The van der Waals surface area contributed by atoms with E-state index in [4.69, 9.17) is 0 Å². The maximum atomic E-state index is 12.9. The summed E-state index contributed by atoms with van der Waals surface area (Å²) in [5.74, 6) is 0.797. The van der Waals surface area contributed by atoms with E-state index in [1.807, 2.05) is 73.1 Å². The predicted molar refractivity (Wildman–Crippen MR) is 125 cm³/mol. The van der Waals surface area contributed by atoms with Gasteiger partial charge in [-0.25, -0.2) is 4.68 Å². The summed E-state index contributed by atoms with van der Waals surface area (Å²) in [7, 11) is 0. The summed E-state index contributed by atoms with van der Waals surface area (Å²) in [5.41, 5.74) is 6.03. The summed E-state index contributed by atoms with van der Waals surface area (Å²) in [6.07, 6.45) is 0. The number of carbonyl (C=O) groups is 1. The molecule has 0 saturated carbocycles. The Labute approximate surface area is 185 Å². The summed E-state index contributed by atoms with van der Waals surface area (Å²) in [4.78, 5) is 13.9. The molecular formula is C24H23N3OS2. The number of para-hydroxylation sites is 1. The molecule has 0 spiro atoms. The van der Waals surface area contributed by atoms with Gasteiger partial charge in [0.2, 0.25) is 0 Å². The van der Waals surface area contributed by atoms with Crippen LogP contribution in [0.2, 0.25) is 0 Å². The van der Waals surface area contributed by atoms with Gasteiger partial charge < -0.3 is 5.32 Å². The molecule has 0 atom stereocenters. The zero-order chi connectivity index (χ0) is 20.9. The Balaban J connectivity index is 1.47. The van der Waals surface area contributed by atoms with Gasteiger partial charge in [-0.2, -0.15) is 16.4 Å². The van der Waals surface area contributed by atoms with Crippen molar-refractivity contribution in [3.8, 4) is 5.69 Å². The van der Waals surface area contributed by atoms with Crippen LogP contribution in [-0.4, -0.2) is 15.7 Å². The van der Waals surface area contributed by atoms with Gasteiger partial charge in [-0.1, -0.05) is 30.3 Å². The minimum Gasteiger partial charge on any atom is -0.348 e. The molecule has 4 rings (SSSR count). The van der Waals surface area contributed by atoms with Crippen molar-refractivity contribution in [2.75, 3.05) is 0 Å². The summed E-state index contributed by atoms with van der Waals surface area (Å²) >= 11 is 3.39. The lowest BCUT2D eigenvalue weighted by Crippen LogP contribution is -2.24. The minimum absolute atomic E-state index is 0.0605. The summed E-state index contributed by atoms with van der Waals surface area (Å²) in [5, 5.41) is 12.0. The van der Waals surface area contributed by atoms with Gasteiger partial charge in [-0.15, -0.1) is 11.8 Å². The lowest BCUT2D eigenvalue weighted by Gasteiger charge is -2.10. The number of nitrogens with zero attached hydrogens (tertiary/aromatic N) is 2. The Morgan fingerprint density at radius 1 is 1.07 bits per heavy atom. The minimum atomic E-state index is -0.0605. The van der Waals surface area contributed by atoms with Gasteiger partial charge in [0.15, 0.2) is 0 Å². The van der Waals surface area contributed by atoms with E-state index in [1.54, 1.807) is 23.1 Å². The smallest absolute Gasteiger partial charge is 0.252 e. The number of thiophene rings is 1. The van der Waals surface area contributed by atoms with E-state index >= 15 is 0 Å². The van der Waals surface area contributed by atoms with Crippen LogP contribution in [0.15, 0.2) is 76.3 Å². The Bertz CT molecular complexity index is 1130. The normalized spacial score (nSPS) is 10.9. The fourth-order valence-corrected chi connectivity index (χ4v) is 5.10. The molecule has 2 aromatic carbocycles. The molecule has 2 aromatic heterocycles. The Morgan fingerprint density at radius 3 is 2.60 bits per heavy atom. The zero-order valence-corrected chi connectivity index (χ0v) is 18.6. The van der Waals surface area contributed by atoms with Crippen molar-refractivity contribution < 1.29 is 4.79 Å². The van der Waals surface area contributed by atoms with Gasteiger partial charge in [-0.05, 0) is 60.5 Å². The molecule has 0 bridgehead atoms. The van der Waals surface area contributed by atoms with Gasteiger partial charge >= 0.3 is 0 Å². The summed E-state index contributed by atoms with van der Waals surface area (Å²) in [6.45, 7) is 4.48. The van der Waals surface area contributed by atoms with Crippen LogP contribution in [0.5, 0.6) is 0 Å². The summed E-state index contributed by atoms with van der Waals surface area (Å²) in [6, 6.07) is 20.0. The molecule has 0 aliphatic heterocycles. The highest BCUT2D eigenvalue weighted by atomic mass is 32.2. The standard InChI is InChI=1S/C24H23N3OS2/c1-17-22(18(2)27(26-17)20-8-4-3-5-9-20)14-25-24(28)21-10-6-7-11-23(21)30-16-19-12-13-29-15-19/h3-13,15H,14,16H2,1-2H3,(H,25,28). The number of thioether (sulfide) groups is 1. The van der Waals surface area contributed by atoms with Gasteiger partial charge in [0.05, 0.1) is 16.9 Å². The number of rotatable bonds is 7. The quantitative estimate of drug-likeness (QED) is 0.376. The molecule has 0 radical (unpaired) electrons. The SMILES string of the molecule is Cc1nn(-c2ccccc2)c(C)c1CNC(=O)c1ccccc1SCc1ccsc1. The molecule has 0 saturated heterocycles. The van der Waals surface area contributed by atoms with Crippen molar-refractivity contribution in [1.29, 1.82) is 0 Å². The van der Waals surface area contributed by atoms with Crippen LogP contribution in [0.1, 0.15) is 32.9 Å². The maximum absolute atomic E-state index is 12.9. The van der Waals surface area contributed by atoms with Crippen LogP contribution < -0.4 is 5.32 Å². The molecular weight excluding hydrogens is 410 g/mol. The first kappa shape index (κ1) is 20.4. The second-order valence-electron chi connectivity index (χ2n) is 7.00. The number of aromatic nitrogens is 2. The monoisotopic (exact) mass is 433 g/mol. The number of carbonyl (C=O) groups excluding carboxylic acids is 1. The maximum Gasteiger partial charge on any atom is 0.252 e. The molecule has 30 heavy (non-hydrogen) atoms. The van der Waals surface area contributed by atoms with Crippen molar-refractivity contribution in [3.05, 3.63) is 99.5 Å². The molecule has 0 fully saturated rings. The summed E-state index contributed by atoms with van der Waals surface area (Å²) < 4.78 is 1.93. The van der Waals surface area contributed by atoms with Crippen molar-refractivity contribution in [2.45, 2.75) is 31.0 Å². The van der Waals surface area contributed by atoms with Crippen molar-refractivity contribution in [3.63, 3.8) is 0 Å². The molecule has 152 valence electrons. The number of benzene rings is 2. The van der Waals surface area contributed by atoms with Gasteiger partial charge in [-0.3, -0.25) is 4.79 Å². The van der Waals surface area contributed by atoms with Crippen LogP contribution >= 0.6 is 23.1 Å². The zero-order valence-electron chi connectivity index (χ0n) is 17.0. The van der Waals surface area contributed by atoms with Gasteiger partial charge in [0.25, 0.3) is 5.91 Å². The first-order valence-corrected chi connectivity index (χ1v) is 11.7. The van der Waals surface area contributed by atoms with Crippen LogP contribution in [-0.2, 0) is 12.3 Å². The van der Waals surface area contributed by atoms with Crippen molar-refractivity contribution in [1.82, 2.24) is 15.1 Å². The fourth-order valence-electron chi connectivity index (χ4n) is 3.33. The highest BCUT2D eigenvalue weighted by Crippen LogP contribution is 2.27. The molecule has 1 amide bonds. The topological polar surface area (TPSA) is 46.9 Å². The lowest BCUT2D eigenvalue weighted by atomic mass is 10.1. The second kappa shape index (κ2) is 9.32. The molecule has 6 heteroatoms. The molecule has 0 aliphatic carbocycles. The molecule has 2 heterocycles. The largest absolute Gasteiger partial charge is 0.348 e. The third kappa shape index (κ3) is 4.50. The lowest BCUT2D eigenvalue weighted by molar-refractivity contribution is 0.0948. The molecule has 4 aromatic rings. The third-order valence-electron chi connectivity index (χ3n) is 4.97. The van der Waals surface area contributed by atoms with E-state index in [1.165, 1.54) is 5.56 Å². The highest BCUT2D eigenvalue weighted by Gasteiger charge is 2.16. The predicted octanol–water partition coefficient (Wildman–Crippen LogP) is 5.77. The van der Waals surface area contributed by atoms with Gasteiger partial charge in [0, 0.05) is 28.5 Å². The molecule has 0 unspecified atom stereocenters. The third-order valence-corrected chi connectivity index (χ3v) is 6.85. The number of hydrogen-bond acceptors (Lipinski definition) is 4. The molecule has 0 aliphatic rings.